The van der Waals surface area contributed by atoms with Gasteiger partial charge in [-0.2, -0.15) is 0 Å². The summed E-state index contributed by atoms with van der Waals surface area (Å²) in [6.07, 6.45) is -1.22. The number of ether oxygens (including phenoxy) is 1. The monoisotopic (exact) mass is 244 g/mol. The van der Waals surface area contributed by atoms with E-state index in [1.807, 2.05) is 0 Å². The second-order valence-corrected chi connectivity index (χ2v) is 3.17. The van der Waals surface area contributed by atoms with Gasteiger partial charge in [0.2, 0.25) is 0 Å². The largest absolute Gasteiger partial charge is 0.438 e. The van der Waals surface area contributed by atoms with Crippen molar-refractivity contribution in [2.24, 2.45) is 0 Å². The fourth-order valence-corrected chi connectivity index (χ4v) is 1.13. The summed E-state index contributed by atoms with van der Waals surface area (Å²) in [5.74, 6) is -0.827. The van der Waals surface area contributed by atoms with Crippen LogP contribution in [0, 0.1) is 0 Å². The second-order valence-electron chi connectivity index (χ2n) is 2.74. The minimum atomic E-state index is -1.22. The van der Waals surface area contributed by atoms with Gasteiger partial charge in [0, 0.05) is 10.7 Å². The van der Waals surface area contributed by atoms with Crippen LogP contribution in [0.25, 0.3) is 0 Å². The molecule has 1 amide bonds. The van der Waals surface area contributed by atoms with Gasteiger partial charge in [0.05, 0.1) is 0 Å². The zero-order valence-corrected chi connectivity index (χ0v) is 8.82. The first kappa shape index (κ1) is 12.3. The quantitative estimate of drug-likeness (QED) is 0.324. The van der Waals surface area contributed by atoms with E-state index >= 15 is 0 Å². The summed E-state index contributed by atoms with van der Waals surface area (Å²) in [4.78, 5) is 21.4. The number of hydroxylamine groups is 1. The molecule has 0 aliphatic carbocycles. The van der Waals surface area contributed by atoms with Crippen molar-refractivity contribution in [3.63, 3.8) is 0 Å². The predicted molar refractivity (Wildman–Crippen MR) is 56.4 cm³/mol. The van der Waals surface area contributed by atoms with Crippen molar-refractivity contribution in [2.45, 2.75) is 0 Å². The van der Waals surface area contributed by atoms with Gasteiger partial charge in [-0.05, 0) is 18.2 Å². The smallest absolute Gasteiger partial charge is 0.375 e. The lowest BCUT2D eigenvalue weighted by Gasteiger charge is -2.05. The first-order valence-corrected chi connectivity index (χ1v) is 4.64. The molecule has 0 aliphatic heterocycles. The Morgan fingerprint density at radius 2 is 2.19 bits per heavy atom. The third kappa shape index (κ3) is 4.16. The van der Waals surface area contributed by atoms with Crippen LogP contribution in [0.15, 0.2) is 24.3 Å². The Morgan fingerprint density at radius 1 is 1.44 bits per heavy atom. The maximum absolute atomic E-state index is 11.0. The summed E-state index contributed by atoms with van der Waals surface area (Å²) in [6, 6.07) is 6.70. The van der Waals surface area contributed by atoms with Crippen LogP contribution in [-0.4, -0.2) is 23.8 Å². The number of rotatable bonds is 3. The van der Waals surface area contributed by atoms with Crippen molar-refractivity contribution in [3.05, 3.63) is 29.3 Å². The number of amides is 1. The van der Waals surface area contributed by atoms with Crippen LogP contribution in [0.4, 0.5) is 10.5 Å². The number of nitrogens with one attached hydrogen (secondary N) is 2. The van der Waals surface area contributed by atoms with Gasteiger partial charge >= 0.3 is 12.1 Å². The molecule has 0 aromatic heterocycles. The topological polar surface area (TPSA) is 87.7 Å². The van der Waals surface area contributed by atoms with Gasteiger partial charge in [-0.25, -0.2) is 15.1 Å². The maximum Gasteiger partial charge on any atom is 0.438 e. The summed E-state index contributed by atoms with van der Waals surface area (Å²) >= 11 is 5.71. The van der Waals surface area contributed by atoms with E-state index in [0.29, 0.717) is 10.7 Å². The molecule has 0 aliphatic rings. The van der Waals surface area contributed by atoms with Crippen molar-refractivity contribution >= 4 is 29.4 Å². The Balaban J connectivity index is 2.40. The molecule has 0 heterocycles. The Labute approximate surface area is 96.1 Å². The minimum Gasteiger partial charge on any atom is -0.375 e. The number of anilines is 1. The highest BCUT2D eigenvalue weighted by atomic mass is 35.5. The molecule has 1 aromatic carbocycles. The highest BCUT2D eigenvalue weighted by Crippen LogP contribution is 2.14. The van der Waals surface area contributed by atoms with Crippen LogP contribution in [0.5, 0.6) is 0 Å². The molecular formula is C9H9ClN2O4. The van der Waals surface area contributed by atoms with Crippen LogP contribution in [-0.2, 0) is 9.53 Å². The maximum atomic E-state index is 11.0. The molecule has 0 fully saturated rings. The first-order valence-electron chi connectivity index (χ1n) is 4.26. The molecule has 3 N–H and O–H groups in total. The highest BCUT2D eigenvalue weighted by molar-refractivity contribution is 6.30. The van der Waals surface area contributed by atoms with E-state index in [0.717, 1.165) is 0 Å². The summed E-state index contributed by atoms with van der Waals surface area (Å²) in [5, 5.41) is 11.3. The summed E-state index contributed by atoms with van der Waals surface area (Å²) in [6.45, 7) is -0.215. The molecular weight excluding hydrogens is 236 g/mol. The Morgan fingerprint density at radius 3 is 2.81 bits per heavy atom. The molecule has 0 saturated carbocycles. The molecule has 6 nitrogen and oxygen atoms in total. The number of carbonyl (C=O) groups excluding carboxylic acids is 2. The Bertz CT molecular complexity index is 397. The second kappa shape index (κ2) is 5.94. The van der Waals surface area contributed by atoms with E-state index in [-0.39, 0.29) is 6.54 Å². The van der Waals surface area contributed by atoms with E-state index in [1.54, 1.807) is 24.3 Å². The zero-order chi connectivity index (χ0) is 12.0. The molecule has 0 unspecified atom stereocenters. The number of hydrogen-bond donors (Lipinski definition) is 3. The minimum absolute atomic E-state index is 0.215. The van der Waals surface area contributed by atoms with E-state index < -0.39 is 12.1 Å². The summed E-state index contributed by atoms with van der Waals surface area (Å²) in [5.41, 5.74) is 1.79. The lowest BCUT2D eigenvalue weighted by Crippen LogP contribution is -2.27. The molecule has 1 rings (SSSR count). The van der Waals surface area contributed by atoms with Gasteiger partial charge < -0.3 is 10.1 Å². The van der Waals surface area contributed by atoms with E-state index in [9.17, 15) is 9.59 Å². The van der Waals surface area contributed by atoms with Crippen molar-refractivity contribution in [3.8, 4) is 0 Å². The molecule has 0 bridgehead atoms. The number of hydrogen-bond acceptors (Lipinski definition) is 5. The van der Waals surface area contributed by atoms with Gasteiger partial charge in [0.25, 0.3) is 0 Å². The van der Waals surface area contributed by atoms with Crippen LogP contribution in [0.1, 0.15) is 0 Å². The SMILES string of the molecule is O=C(CNc1cccc(Cl)c1)OC(=O)NO. The molecule has 86 valence electrons. The third-order valence-corrected chi connectivity index (χ3v) is 1.79. The lowest BCUT2D eigenvalue weighted by atomic mass is 10.3. The van der Waals surface area contributed by atoms with Crippen molar-refractivity contribution in [1.29, 1.82) is 0 Å². The van der Waals surface area contributed by atoms with Gasteiger partial charge in [-0.1, -0.05) is 17.7 Å². The highest BCUT2D eigenvalue weighted by Gasteiger charge is 2.08. The Kier molecular flexibility index (Phi) is 4.56. The normalized spacial score (nSPS) is 9.38. The molecule has 0 spiro atoms. The number of benzene rings is 1. The molecule has 0 saturated heterocycles. The predicted octanol–water partition coefficient (Wildman–Crippen LogP) is 1.39. The van der Waals surface area contributed by atoms with E-state index in [4.69, 9.17) is 16.8 Å². The fraction of sp³-hybridized carbons (Fsp3) is 0.111. The van der Waals surface area contributed by atoms with Crippen LogP contribution in [0.2, 0.25) is 5.02 Å². The number of carbonyl (C=O) groups is 2. The van der Waals surface area contributed by atoms with Crippen molar-refractivity contribution in [1.82, 2.24) is 5.48 Å². The van der Waals surface area contributed by atoms with Crippen LogP contribution < -0.4 is 10.8 Å². The first-order chi connectivity index (χ1) is 7.61. The van der Waals surface area contributed by atoms with Gasteiger partial charge in [0.15, 0.2) is 0 Å². The van der Waals surface area contributed by atoms with Crippen LogP contribution >= 0.6 is 11.6 Å². The molecule has 16 heavy (non-hydrogen) atoms. The van der Waals surface area contributed by atoms with Crippen molar-refractivity contribution < 1.29 is 19.5 Å². The summed E-state index contributed by atoms with van der Waals surface area (Å²) in [7, 11) is 0. The summed E-state index contributed by atoms with van der Waals surface area (Å²) < 4.78 is 4.12. The van der Waals surface area contributed by atoms with Crippen LogP contribution in [0.3, 0.4) is 0 Å². The zero-order valence-electron chi connectivity index (χ0n) is 8.07. The van der Waals surface area contributed by atoms with Gasteiger partial charge in [0.1, 0.15) is 6.54 Å². The number of halogens is 1. The molecule has 0 radical (unpaired) electrons. The van der Waals surface area contributed by atoms with Crippen molar-refractivity contribution in [2.75, 3.05) is 11.9 Å². The number of esters is 1. The Hall–Kier alpha value is -1.79. The molecule has 0 atom stereocenters. The average molecular weight is 245 g/mol. The third-order valence-electron chi connectivity index (χ3n) is 1.56. The van der Waals surface area contributed by atoms with E-state index in [2.05, 4.69) is 10.1 Å². The fourth-order valence-electron chi connectivity index (χ4n) is 0.935. The van der Waals surface area contributed by atoms with E-state index in [1.165, 1.54) is 5.48 Å². The molecule has 7 heteroatoms. The van der Waals surface area contributed by atoms with Gasteiger partial charge in [-0.3, -0.25) is 5.21 Å². The lowest BCUT2D eigenvalue weighted by molar-refractivity contribution is -0.136. The standard InChI is InChI=1S/C9H9ClN2O4/c10-6-2-1-3-7(4-6)11-5-8(13)16-9(14)12-15/h1-4,11,15H,5H2,(H,12,14). The average Bonchev–Trinajstić information content (AvgIpc) is 2.26. The van der Waals surface area contributed by atoms with Gasteiger partial charge in [-0.15, -0.1) is 0 Å². The molecule has 1 aromatic rings.